The van der Waals surface area contributed by atoms with Crippen molar-refractivity contribution >= 4 is 11.9 Å². The van der Waals surface area contributed by atoms with Crippen LogP contribution in [0.3, 0.4) is 0 Å². The number of nitrogens with one attached hydrogen (secondary N) is 1. The lowest BCUT2D eigenvalue weighted by Gasteiger charge is -2.20. The molecule has 0 saturated carbocycles. The van der Waals surface area contributed by atoms with E-state index in [2.05, 4.69) is 16.0 Å². The third kappa shape index (κ3) is 6.04. The zero-order valence-electron chi connectivity index (χ0n) is 9.78. The highest BCUT2D eigenvalue weighted by Crippen LogP contribution is 1.93. The Bertz CT molecular complexity index is 271. The summed E-state index contributed by atoms with van der Waals surface area (Å²) in [5, 5.41) is 2.79. The first kappa shape index (κ1) is 14.5. The molecule has 0 saturated heterocycles. The molecule has 16 heavy (non-hydrogen) atoms. The Kier molecular flexibility index (Phi) is 7.90. The molecule has 5 heteroatoms. The minimum atomic E-state index is -0.418. The molecule has 1 amide bonds. The van der Waals surface area contributed by atoms with E-state index in [0.29, 0.717) is 13.1 Å². The van der Waals surface area contributed by atoms with Crippen LogP contribution in [0.1, 0.15) is 13.3 Å². The monoisotopic (exact) mass is 226 g/mol. The zero-order chi connectivity index (χ0) is 12.4. The average molecular weight is 226 g/mol. The Morgan fingerprint density at radius 3 is 2.69 bits per heavy atom. The quantitative estimate of drug-likeness (QED) is 0.365. The molecule has 0 aliphatic carbocycles. The molecule has 0 aromatic carbocycles. The van der Waals surface area contributed by atoms with Gasteiger partial charge in [0.25, 0.3) is 0 Å². The van der Waals surface area contributed by atoms with E-state index in [1.165, 1.54) is 12.0 Å². The van der Waals surface area contributed by atoms with Gasteiger partial charge in [-0.15, -0.1) is 6.42 Å². The molecule has 0 aromatic heterocycles. The SMILES string of the molecule is C#CCNCC(=O)N(CCC)CC(=O)OC. The van der Waals surface area contributed by atoms with Gasteiger partial charge in [0.1, 0.15) is 6.54 Å². The fourth-order valence-electron chi connectivity index (χ4n) is 1.14. The molecule has 0 aliphatic rings. The lowest BCUT2D eigenvalue weighted by atomic mass is 10.3. The second-order valence-corrected chi connectivity index (χ2v) is 3.20. The molecule has 0 radical (unpaired) electrons. The number of terminal acetylenes is 1. The molecule has 0 unspecified atom stereocenters. The Balaban J connectivity index is 4.13. The van der Waals surface area contributed by atoms with Gasteiger partial charge in [-0.2, -0.15) is 0 Å². The number of methoxy groups -OCH3 is 1. The largest absolute Gasteiger partial charge is 0.468 e. The van der Waals surface area contributed by atoms with Crippen LogP contribution in [0.15, 0.2) is 0 Å². The number of hydrogen-bond donors (Lipinski definition) is 1. The van der Waals surface area contributed by atoms with Gasteiger partial charge in [0.2, 0.25) is 5.91 Å². The number of esters is 1. The third-order valence-corrected chi connectivity index (χ3v) is 1.90. The van der Waals surface area contributed by atoms with E-state index in [4.69, 9.17) is 6.42 Å². The van der Waals surface area contributed by atoms with E-state index in [0.717, 1.165) is 6.42 Å². The van der Waals surface area contributed by atoms with Crippen LogP contribution >= 0.6 is 0 Å². The van der Waals surface area contributed by atoms with Crippen molar-refractivity contribution in [3.63, 3.8) is 0 Å². The molecule has 5 nitrogen and oxygen atoms in total. The Labute approximate surface area is 96.1 Å². The van der Waals surface area contributed by atoms with Crippen LogP contribution in [0.25, 0.3) is 0 Å². The van der Waals surface area contributed by atoms with Crippen molar-refractivity contribution in [3.8, 4) is 12.3 Å². The maximum absolute atomic E-state index is 11.6. The van der Waals surface area contributed by atoms with Crippen molar-refractivity contribution in [3.05, 3.63) is 0 Å². The fourth-order valence-corrected chi connectivity index (χ4v) is 1.14. The van der Waals surface area contributed by atoms with Crippen LogP contribution in [0.4, 0.5) is 0 Å². The van der Waals surface area contributed by atoms with Crippen molar-refractivity contribution in [1.29, 1.82) is 0 Å². The summed E-state index contributed by atoms with van der Waals surface area (Å²) in [6.07, 6.45) is 5.83. The van der Waals surface area contributed by atoms with Gasteiger partial charge in [-0.05, 0) is 6.42 Å². The fraction of sp³-hybridized carbons (Fsp3) is 0.636. The highest BCUT2D eigenvalue weighted by Gasteiger charge is 2.15. The molecule has 1 N–H and O–H groups in total. The molecule has 0 aliphatic heterocycles. The lowest BCUT2D eigenvalue weighted by molar-refractivity contribution is -0.146. The molecule has 0 bridgehead atoms. The van der Waals surface area contributed by atoms with Gasteiger partial charge in [-0.1, -0.05) is 12.8 Å². The first-order valence-corrected chi connectivity index (χ1v) is 5.14. The van der Waals surface area contributed by atoms with E-state index < -0.39 is 5.97 Å². The zero-order valence-corrected chi connectivity index (χ0v) is 9.78. The molecule has 0 heterocycles. The lowest BCUT2D eigenvalue weighted by Crippen LogP contribution is -2.41. The highest BCUT2D eigenvalue weighted by molar-refractivity contribution is 5.83. The van der Waals surface area contributed by atoms with Crippen molar-refractivity contribution in [2.24, 2.45) is 0 Å². The van der Waals surface area contributed by atoms with Gasteiger partial charge < -0.3 is 9.64 Å². The van der Waals surface area contributed by atoms with Crippen LogP contribution < -0.4 is 5.32 Å². The molecule has 0 aromatic rings. The summed E-state index contributed by atoms with van der Waals surface area (Å²) in [6, 6.07) is 0. The van der Waals surface area contributed by atoms with Gasteiger partial charge in [-0.25, -0.2) is 0 Å². The number of hydrogen-bond acceptors (Lipinski definition) is 4. The van der Waals surface area contributed by atoms with Crippen molar-refractivity contribution in [1.82, 2.24) is 10.2 Å². The Hall–Kier alpha value is -1.54. The van der Waals surface area contributed by atoms with Crippen molar-refractivity contribution in [2.75, 3.05) is 33.3 Å². The third-order valence-electron chi connectivity index (χ3n) is 1.90. The molecule has 0 rings (SSSR count). The number of carbonyl (C=O) groups excluding carboxylic acids is 2. The summed E-state index contributed by atoms with van der Waals surface area (Å²) >= 11 is 0. The summed E-state index contributed by atoms with van der Waals surface area (Å²) in [5.74, 6) is 1.80. The van der Waals surface area contributed by atoms with E-state index >= 15 is 0 Å². The Morgan fingerprint density at radius 2 is 2.19 bits per heavy atom. The molecule has 0 spiro atoms. The number of ether oxygens (including phenoxy) is 1. The minimum Gasteiger partial charge on any atom is -0.468 e. The maximum atomic E-state index is 11.6. The molecular formula is C11H18N2O3. The summed E-state index contributed by atoms with van der Waals surface area (Å²) in [7, 11) is 1.30. The maximum Gasteiger partial charge on any atom is 0.325 e. The van der Waals surface area contributed by atoms with Crippen LogP contribution in [-0.2, 0) is 14.3 Å². The van der Waals surface area contributed by atoms with E-state index in [9.17, 15) is 9.59 Å². The summed E-state index contributed by atoms with van der Waals surface area (Å²) in [6.45, 7) is 2.93. The van der Waals surface area contributed by atoms with E-state index in [1.807, 2.05) is 6.92 Å². The second-order valence-electron chi connectivity index (χ2n) is 3.20. The molecule has 0 fully saturated rings. The number of amides is 1. The topological polar surface area (TPSA) is 58.6 Å². The van der Waals surface area contributed by atoms with Crippen LogP contribution in [-0.4, -0.2) is 50.1 Å². The van der Waals surface area contributed by atoms with E-state index in [1.54, 1.807) is 0 Å². The first-order valence-electron chi connectivity index (χ1n) is 5.14. The second kappa shape index (κ2) is 8.74. The predicted octanol–water partition coefficient (Wildman–Crippen LogP) is -0.379. The standard InChI is InChI=1S/C11H18N2O3/c1-4-6-12-8-10(14)13(7-5-2)9-11(15)16-3/h1,12H,5-9H2,2-3H3. The number of carbonyl (C=O) groups is 2. The summed E-state index contributed by atoms with van der Waals surface area (Å²) in [4.78, 5) is 24.2. The minimum absolute atomic E-state index is 0.0130. The Morgan fingerprint density at radius 1 is 1.50 bits per heavy atom. The van der Waals surface area contributed by atoms with Crippen LogP contribution in [0, 0.1) is 12.3 Å². The molecule has 0 atom stereocenters. The van der Waals surface area contributed by atoms with Crippen LogP contribution in [0.5, 0.6) is 0 Å². The number of rotatable bonds is 7. The first-order chi connectivity index (χ1) is 7.65. The van der Waals surface area contributed by atoms with Gasteiger partial charge in [0, 0.05) is 6.54 Å². The van der Waals surface area contributed by atoms with Crippen molar-refractivity contribution in [2.45, 2.75) is 13.3 Å². The highest BCUT2D eigenvalue weighted by atomic mass is 16.5. The predicted molar refractivity (Wildman–Crippen MR) is 60.6 cm³/mol. The van der Waals surface area contributed by atoms with Gasteiger partial charge in [0.05, 0.1) is 20.2 Å². The summed E-state index contributed by atoms with van der Waals surface area (Å²) in [5.41, 5.74) is 0. The summed E-state index contributed by atoms with van der Waals surface area (Å²) < 4.78 is 4.52. The normalized spacial score (nSPS) is 9.31. The molecular weight excluding hydrogens is 208 g/mol. The van der Waals surface area contributed by atoms with Crippen LogP contribution in [0.2, 0.25) is 0 Å². The van der Waals surface area contributed by atoms with E-state index in [-0.39, 0.29) is 19.0 Å². The number of nitrogens with zero attached hydrogens (tertiary/aromatic N) is 1. The van der Waals surface area contributed by atoms with Gasteiger partial charge in [0.15, 0.2) is 0 Å². The van der Waals surface area contributed by atoms with Crippen molar-refractivity contribution < 1.29 is 14.3 Å². The van der Waals surface area contributed by atoms with Gasteiger partial charge in [-0.3, -0.25) is 14.9 Å². The van der Waals surface area contributed by atoms with Gasteiger partial charge >= 0.3 is 5.97 Å². The average Bonchev–Trinajstić information content (AvgIpc) is 2.28. The smallest absolute Gasteiger partial charge is 0.325 e. The molecule has 90 valence electrons.